The molecule has 0 amide bonds. The first kappa shape index (κ1) is 19.4. The molecule has 5 aromatic rings. The van der Waals surface area contributed by atoms with Crippen molar-refractivity contribution in [1.29, 1.82) is 0 Å². The summed E-state index contributed by atoms with van der Waals surface area (Å²) in [7, 11) is 0. The minimum atomic E-state index is -0.294. The van der Waals surface area contributed by atoms with Crippen LogP contribution in [0.3, 0.4) is 0 Å². The lowest BCUT2D eigenvalue weighted by Gasteiger charge is -2.30. The molecule has 0 saturated carbocycles. The Hall–Kier alpha value is -4.10. The van der Waals surface area contributed by atoms with E-state index >= 15 is 0 Å². The smallest absolute Gasteiger partial charge is 0.0726 e. The lowest BCUT2D eigenvalue weighted by molar-refractivity contribution is 0.794. The molecule has 162 valence electrons. The van der Waals surface area contributed by atoms with Crippen LogP contribution in [0.15, 0.2) is 109 Å². The first-order valence-electron chi connectivity index (χ1n) is 12.0. The van der Waals surface area contributed by atoms with Gasteiger partial charge in [0, 0.05) is 11.4 Å². The van der Waals surface area contributed by atoms with Gasteiger partial charge in [0.15, 0.2) is 0 Å². The van der Waals surface area contributed by atoms with E-state index in [4.69, 9.17) is 0 Å². The second kappa shape index (κ2) is 6.95. The number of para-hydroxylation sites is 1. The fourth-order valence-corrected chi connectivity index (χ4v) is 6.33. The molecule has 0 atom stereocenters. The first-order valence-corrected chi connectivity index (χ1v) is 12.0. The fraction of sp³-hybridized carbons (Fsp3) is 0.0909. The maximum Gasteiger partial charge on any atom is 0.0726 e. The number of hydrogen-bond donors (Lipinski definition) is 1. The van der Waals surface area contributed by atoms with Gasteiger partial charge in [-0.3, -0.25) is 0 Å². The van der Waals surface area contributed by atoms with Crippen molar-refractivity contribution in [2.75, 3.05) is 5.32 Å². The maximum atomic E-state index is 3.75. The summed E-state index contributed by atoms with van der Waals surface area (Å²) in [6.07, 6.45) is 0. The van der Waals surface area contributed by atoms with Gasteiger partial charge in [-0.15, -0.1) is 0 Å². The Balaban J connectivity index is 1.53. The zero-order valence-corrected chi connectivity index (χ0v) is 19.4. The summed E-state index contributed by atoms with van der Waals surface area (Å²) in [5.41, 5.74) is 15.4. The van der Waals surface area contributed by atoms with Crippen LogP contribution < -0.4 is 5.32 Å². The summed E-state index contributed by atoms with van der Waals surface area (Å²) in [5.74, 6) is 0. The van der Waals surface area contributed by atoms with Crippen LogP contribution in [0.1, 0.15) is 33.4 Å². The van der Waals surface area contributed by atoms with E-state index in [9.17, 15) is 0 Å². The van der Waals surface area contributed by atoms with Crippen molar-refractivity contribution in [3.05, 3.63) is 143 Å². The van der Waals surface area contributed by atoms with E-state index in [1.165, 1.54) is 61.3 Å². The highest BCUT2D eigenvalue weighted by Gasteiger charge is 2.51. The Morgan fingerprint density at radius 1 is 0.471 bits per heavy atom. The monoisotopic (exact) mass is 435 g/mol. The van der Waals surface area contributed by atoms with Gasteiger partial charge in [0.1, 0.15) is 0 Å². The van der Waals surface area contributed by atoms with Crippen molar-refractivity contribution < 1.29 is 0 Å². The topological polar surface area (TPSA) is 12.0 Å². The van der Waals surface area contributed by atoms with Crippen molar-refractivity contribution in [2.24, 2.45) is 0 Å². The summed E-state index contributed by atoms with van der Waals surface area (Å²) >= 11 is 0. The molecular formula is C33H25N. The van der Waals surface area contributed by atoms with Gasteiger partial charge in [0.05, 0.1) is 5.41 Å². The molecule has 0 aromatic heterocycles. The van der Waals surface area contributed by atoms with Crippen LogP contribution in [0.25, 0.3) is 22.3 Å². The molecule has 1 heteroatoms. The zero-order chi connectivity index (χ0) is 22.9. The van der Waals surface area contributed by atoms with Gasteiger partial charge in [-0.25, -0.2) is 0 Å². The summed E-state index contributed by atoms with van der Waals surface area (Å²) < 4.78 is 0. The first-order chi connectivity index (χ1) is 16.7. The van der Waals surface area contributed by atoms with Crippen molar-refractivity contribution in [3.63, 3.8) is 0 Å². The van der Waals surface area contributed by atoms with Crippen LogP contribution in [0.4, 0.5) is 11.4 Å². The Morgan fingerprint density at radius 3 is 1.47 bits per heavy atom. The van der Waals surface area contributed by atoms with E-state index in [0.29, 0.717) is 0 Å². The summed E-state index contributed by atoms with van der Waals surface area (Å²) in [5, 5.41) is 3.75. The zero-order valence-electron chi connectivity index (χ0n) is 19.4. The predicted molar refractivity (Wildman–Crippen MR) is 142 cm³/mol. The lowest BCUT2D eigenvalue weighted by atomic mass is 9.70. The maximum absolute atomic E-state index is 3.75. The van der Waals surface area contributed by atoms with Crippen LogP contribution in [0, 0.1) is 13.8 Å². The fourth-order valence-electron chi connectivity index (χ4n) is 6.33. The Kier molecular flexibility index (Phi) is 3.96. The van der Waals surface area contributed by atoms with Crippen molar-refractivity contribution in [1.82, 2.24) is 0 Å². The van der Waals surface area contributed by atoms with Gasteiger partial charge in [-0.05, 0) is 81.6 Å². The number of aryl methyl sites for hydroxylation is 2. The highest BCUT2D eigenvalue weighted by atomic mass is 14.9. The van der Waals surface area contributed by atoms with Gasteiger partial charge in [0.25, 0.3) is 0 Å². The molecule has 1 nitrogen and oxygen atoms in total. The van der Waals surface area contributed by atoms with E-state index in [2.05, 4.69) is 128 Å². The lowest BCUT2D eigenvalue weighted by Crippen LogP contribution is -2.25. The molecule has 0 heterocycles. The highest BCUT2D eigenvalue weighted by Crippen LogP contribution is 2.62. The molecule has 0 bridgehead atoms. The van der Waals surface area contributed by atoms with Crippen molar-refractivity contribution in [2.45, 2.75) is 19.3 Å². The standard InChI is InChI=1S/C33H25N/c1-21-10-9-11-22(2)32(21)34-23-18-19-27-26-14-5-8-17-30(26)33(31(27)20-23)28-15-6-3-12-24(28)25-13-4-7-16-29(25)33/h3-20,34H,1-2H3. The van der Waals surface area contributed by atoms with Crippen LogP contribution in [-0.4, -0.2) is 0 Å². The molecule has 1 N–H and O–H groups in total. The largest absolute Gasteiger partial charge is 0.355 e. The number of rotatable bonds is 2. The molecule has 34 heavy (non-hydrogen) atoms. The minimum Gasteiger partial charge on any atom is -0.355 e. The molecule has 2 aliphatic carbocycles. The van der Waals surface area contributed by atoms with Gasteiger partial charge >= 0.3 is 0 Å². The second-order valence-corrected chi connectivity index (χ2v) is 9.54. The van der Waals surface area contributed by atoms with E-state index in [-0.39, 0.29) is 5.41 Å². The SMILES string of the molecule is Cc1cccc(C)c1Nc1ccc2c(c1)C1(c3ccccc3-c3ccccc31)c1ccccc1-2. The average molecular weight is 436 g/mol. The molecule has 5 aromatic carbocycles. The predicted octanol–water partition coefficient (Wildman–Crippen LogP) is 8.39. The summed E-state index contributed by atoms with van der Waals surface area (Å²) in [4.78, 5) is 0. The molecule has 0 aliphatic heterocycles. The minimum absolute atomic E-state index is 0.294. The third-order valence-electron chi connectivity index (χ3n) is 7.75. The van der Waals surface area contributed by atoms with Gasteiger partial charge in [0.2, 0.25) is 0 Å². The van der Waals surface area contributed by atoms with Crippen LogP contribution in [0.5, 0.6) is 0 Å². The molecule has 0 unspecified atom stereocenters. The molecular weight excluding hydrogens is 410 g/mol. The number of fused-ring (bicyclic) bond motifs is 10. The quantitative estimate of drug-likeness (QED) is 0.287. The highest BCUT2D eigenvalue weighted by molar-refractivity contribution is 5.95. The van der Waals surface area contributed by atoms with Gasteiger partial charge in [-0.1, -0.05) is 97.1 Å². The second-order valence-electron chi connectivity index (χ2n) is 9.54. The number of hydrogen-bond acceptors (Lipinski definition) is 1. The molecule has 0 radical (unpaired) electrons. The van der Waals surface area contributed by atoms with E-state index in [0.717, 1.165) is 5.69 Å². The van der Waals surface area contributed by atoms with Gasteiger partial charge in [-0.2, -0.15) is 0 Å². The Bertz CT molecular complexity index is 1520. The molecule has 1 spiro atoms. The number of nitrogens with one attached hydrogen (secondary N) is 1. The van der Waals surface area contributed by atoms with Crippen LogP contribution >= 0.6 is 0 Å². The molecule has 0 saturated heterocycles. The Morgan fingerprint density at radius 2 is 0.941 bits per heavy atom. The van der Waals surface area contributed by atoms with Crippen LogP contribution in [0.2, 0.25) is 0 Å². The summed E-state index contributed by atoms with van der Waals surface area (Å²) in [6, 6.07) is 40.3. The van der Waals surface area contributed by atoms with Gasteiger partial charge < -0.3 is 5.32 Å². The molecule has 2 aliphatic rings. The normalized spacial score (nSPS) is 13.8. The molecule has 0 fully saturated rings. The third kappa shape index (κ3) is 2.39. The number of anilines is 2. The summed E-state index contributed by atoms with van der Waals surface area (Å²) in [6.45, 7) is 4.34. The van der Waals surface area contributed by atoms with E-state index in [1.54, 1.807) is 0 Å². The van der Waals surface area contributed by atoms with Crippen molar-refractivity contribution >= 4 is 11.4 Å². The molecule has 7 rings (SSSR count). The van der Waals surface area contributed by atoms with E-state index < -0.39 is 0 Å². The number of benzene rings is 5. The average Bonchev–Trinajstić information content (AvgIpc) is 3.34. The van der Waals surface area contributed by atoms with Crippen LogP contribution in [-0.2, 0) is 5.41 Å². The van der Waals surface area contributed by atoms with E-state index in [1.807, 2.05) is 0 Å². The third-order valence-corrected chi connectivity index (χ3v) is 7.75. The van der Waals surface area contributed by atoms with Crippen molar-refractivity contribution in [3.8, 4) is 22.3 Å². The Labute approximate surface area is 200 Å².